The van der Waals surface area contributed by atoms with Crippen molar-refractivity contribution in [3.8, 4) is 0 Å². The largest absolute Gasteiger partial charge is 0.166 e. The number of rotatable bonds is 0. The fourth-order valence-corrected chi connectivity index (χ4v) is 2.58. The first kappa shape index (κ1) is 6.52. The predicted molar refractivity (Wildman–Crippen MR) is 37.4 cm³/mol. The minimum Gasteiger partial charge on any atom is -0.166 e. The van der Waals surface area contributed by atoms with E-state index in [9.17, 15) is 0 Å². The quantitative estimate of drug-likeness (QED) is 0.502. The zero-order valence-corrected chi connectivity index (χ0v) is 7.16. The third-order valence-corrected chi connectivity index (χ3v) is 2.88. The van der Waals surface area contributed by atoms with Gasteiger partial charge in [0.05, 0.1) is 0 Å². The van der Waals surface area contributed by atoms with Gasteiger partial charge in [-0.05, 0) is 0 Å². The van der Waals surface area contributed by atoms with Gasteiger partial charge in [-0.15, -0.1) is 0 Å². The summed E-state index contributed by atoms with van der Waals surface area (Å²) < 4.78 is 15.5. The normalized spacial score (nSPS) is 24.0. The minimum atomic E-state index is 0.743. The van der Waals surface area contributed by atoms with E-state index in [-0.39, 0.29) is 0 Å². The Kier molecular flexibility index (Phi) is 3.50. The van der Waals surface area contributed by atoms with E-state index in [0.717, 1.165) is 34.1 Å². The van der Waals surface area contributed by atoms with Gasteiger partial charge in [0, 0.05) is 0 Å². The van der Waals surface area contributed by atoms with E-state index in [1.165, 1.54) is 0 Å². The van der Waals surface area contributed by atoms with Crippen LogP contribution in [0.2, 0.25) is 0 Å². The van der Waals surface area contributed by atoms with Gasteiger partial charge in [0.15, 0.2) is 34.1 Å². The van der Waals surface area contributed by atoms with E-state index in [1.54, 1.807) is 0 Å². The molecule has 8 heavy (non-hydrogen) atoms. The van der Waals surface area contributed by atoms with Crippen LogP contribution in [0, 0.1) is 0 Å². The van der Waals surface area contributed by atoms with Crippen LogP contribution in [0.25, 0.3) is 0 Å². The van der Waals surface area contributed by atoms with E-state index >= 15 is 0 Å². The SMILES string of the molecule is N1=PN=PN=PN=P1. The molecule has 0 radical (unpaired) electrons. The lowest BCUT2D eigenvalue weighted by Gasteiger charge is -1.71. The van der Waals surface area contributed by atoms with Gasteiger partial charge in [-0.25, -0.2) is 0 Å². The predicted octanol–water partition coefficient (Wildman–Crippen LogP) is 4.18. The van der Waals surface area contributed by atoms with Crippen LogP contribution in [-0.2, 0) is 0 Å². The highest BCUT2D eigenvalue weighted by molar-refractivity contribution is 7.50. The van der Waals surface area contributed by atoms with E-state index in [1.807, 2.05) is 0 Å². The number of nitrogens with zero attached hydrogens (tertiary/aromatic N) is 4. The van der Waals surface area contributed by atoms with Crippen LogP contribution in [-0.4, -0.2) is 0 Å². The summed E-state index contributed by atoms with van der Waals surface area (Å²) >= 11 is 0. The van der Waals surface area contributed by atoms with Gasteiger partial charge in [-0.1, -0.05) is 0 Å². The molecule has 0 aromatic rings. The van der Waals surface area contributed by atoms with Crippen LogP contribution in [0.4, 0.5) is 0 Å². The molecular weight excluding hydrogens is 180 g/mol. The van der Waals surface area contributed by atoms with Crippen LogP contribution in [0.1, 0.15) is 0 Å². The van der Waals surface area contributed by atoms with Crippen LogP contribution in [0.3, 0.4) is 0 Å². The molecule has 40 valence electrons. The van der Waals surface area contributed by atoms with E-state index in [2.05, 4.69) is 18.1 Å². The van der Waals surface area contributed by atoms with Gasteiger partial charge in [-0.3, -0.25) is 0 Å². The average Bonchev–Trinajstić information content (AvgIpc) is 1.62. The lowest BCUT2D eigenvalue weighted by molar-refractivity contribution is 1.85. The zero-order valence-electron chi connectivity index (χ0n) is 3.58. The Labute approximate surface area is 52.9 Å². The standard InChI is InChI=1S/N4P4/c1-5-2-7-4-8-3-6-1. The maximum Gasteiger partial charge on any atom is 0.166 e. The molecule has 4 nitrogen and oxygen atoms in total. The molecular formula is N4P4. The van der Waals surface area contributed by atoms with Crippen LogP contribution in [0.15, 0.2) is 18.1 Å². The fraction of sp³-hybridized carbons (Fsp3) is 0. The number of hydrogen-bond donors (Lipinski definition) is 0. The van der Waals surface area contributed by atoms with Crippen LogP contribution >= 0.6 is 34.1 Å². The highest BCUT2D eigenvalue weighted by Crippen LogP contribution is 2.27. The van der Waals surface area contributed by atoms with Gasteiger partial charge < -0.3 is 0 Å². The summed E-state index contributed by atoms with van der Waals surface area (Å²) in [4.78, 5) is 0. The third kappa shape index (κ3) is 2.64. The highest BCUT2D eigenvalue weighted by atomic mass is 31.1. The number of hydrogen-bond acceptors (Lipinski definition) is 4. The summed E-state index contributed by atoms with van der Waals surface area (Å²) in [6, 6.07) is 0. The lowest BCUT2D eigenvalue weighted by Crippen LogP contribution is -1.22. The molecule has 0 bridgehead atoms. The molecule has 0 aromatic heterocycles. The van der Waals surface area contributed by atoms with Gasteiger partial charge >= 0.3 is 0 Å². The molecule has 0 amide bonds. The van der Waals surface area contributed by atoms with Crippen molar-refractivity contribution in [2.75, 3.05) is 0 Å². The molecule has 1 aliphatic heterocycles. The molecule has 0 N–H and O–H groups in total. The van der Waals surface area contributed by atoms with Crippen molar-refractivity contribution in [1.82, 2.24) is 0 Å². The van der Waals surface area contributed by atoms with Crippen molar-refractivity contribution >= 4 is 34.1 Å². The van der Waals surface area contributed by atoms with Gasteiger partial charge in [-0.2, -0.15) is 18.1 Å². The Balaban J connectivity index is 2.67. The zero-order chi connectivity index (χ0) is 5.66. The fourth-order valence-electron chi connectivity index (χ4n) is 0.143. The second-order valence-corrected chi connectivity index (χ2v) is 4.29. The Bertz CT molecular complexity index is 109. The molecule has 0 fully saturated rings. The highest BCUT2D eigenvalue weighted by Gasteiger charge is 1.72. The summed E-state index contributed by atoms with van der Waals surface area (Å²) in [5, 5.41) is 0. The van der Waals surface area contributed by atoms with E-state index in [4.69, 9.17) is 0 Å². The maximum absolute atomic E-state index is 3.87. The van der Waals surface area contributed by atoms with Crippen molar-refractivity contribution in [2.24, 2.45) is 18.1 Å². The Morgan fingerprint density at radius 2 is 0.750 bits per heavy atom. The monoisotopic (exact) mass is 180 g/mol. The van der Waals surface area contributed by atoms with Crippen molar-refractivity contribution in [3.05, 3.63) is 0 Å². The molecule has 0 unspecified atom stereocenters. The summed E-state index contributed by atoms with van der Waals surface area (Å²) in [5.41, 5.74) is 0. The van der Waals surface area contributed by atoms with Crippen LogP contribution < -0.4 is 0 Å². The first-order chi connectivity index (χ1) is 4.00. The molecule has 8 heteroatoms. The first-order valence-corrected chi connectivity index (χ1v) is 4.80. The van der Waals surface area contributed by atoms with Gasteiger partial charge in [0.25, 0.3) is 0 Å². The Morgan fingerprint density at radius 1 is 0.500 bits per heavy atom. The summed E-state index contributed by atoms with van der Waals surface area (Å²) in [6.45, 7) is 0. The maximum atomic E-state index is 3.87. The first-order valence-electron chi connectivity index (χ1n) is 1.60. The van der Waals surface area contributed by atoms with Crippen LogP contribution in [0.5, 0.6) is 0 Å². The van der Waals surface area contributed by atoms with Crippen molar-refractivity contribution in [1.29, 1.82) is 0 Å². The summed E-state index contributed by atoms with van der Waals surface area (Å²) in [5.74, 6) is 0. The molecule has 1 aliphatic rings. The molecule has 1 heterocycles. The second kappa shape index (κ2) is 4.30. The van der Waals surface area contributed by atoms with Gasteiger partial charge in [0.1, 0.15) is 0 Å². The van der Waals surface area contributed by atoms with Crippen molar-refractivity contribution < 1.29 is 0 Å². The smallest absolute Gasteiger partial charge is 0.166 e. The lowest BCUT2D eigenvalue weighted by atomic mass is 13.8. The summed E-state index contributed by atoms with van der Waals surface area (Å²) in [7, 11) is 2.97. The van der Waals surface area contributed by atoms with Gasteiger partial charge in [0.2, 0.25) is 0 Å². The van der Waals surface area contributed by atoms with E-state index in [0.29, 0.717) is 0 Å². The second-order valence-electron chi connectivity index (χ2n) is 0.716. The van der Waals surface area contributed by atoms with Crippen molar-refractivity contribution in [3.63, 3.8) is 0 Å². The van der Waals surface area contributed by atoms with E-state index < -0.39 is 0 Å². The average molecular weight is 180 g/mol. The molecule has 0 aliphatic carbocycles. The molecule has 0 saturated heterocycles. The molecule has 0 atom stereocenters. The third-order valence-electron chi connectivity index (χ3n) is 0.320. The Hall–Kier alpha value is 0.400. The summed E-state index contributed by atoms with van der Waals surface area (Å²) in [6.07, 6.45) is 0. The molecule has 0 aromatic carbocycles. The molecule has 1 rings (SSSR count). The molecule has 0 saturated carbocycles. The molecule has 0 spiro atoms. The topological polar surface area (TPSA) is 49.4 Å². The van der Waals surface area contributed by atoms with Crippen molar-refractivity contribution in [2.45, 2.75) is 0 Å². The minimum absolute atomic E-state index is 0.743. The Morgan fingerprint density at radius 3 is 1.00 bits per heavy atom.